The van der Waals surface area contributed by atoms with E-state index in [-0.39, 0.29) is 25.0 Å². The number of nitrogens with two attached hydrogens (primary N) is 1. The van der Waals surface area contributed by atoms with Crippen LogP contribution in [0.25, 0.3) is 0 Å². The first kappa shape index (κ1) is 19.8. The lowest BCUT2D eigenvalue weighted by molar-refractivity contribution is -0.132. The highest BCUT2D eigenvalue weighted by Crippen LogP contribution is 2.37. The van der Waals surface area contributed by atoms with Crippen LogP contribution in [0.5, 0.6) is 5.75 Å². The van der Waals surface area contributed by atoms with Crippen molar-refractivity contribution in [1.29, 1.82) is 0 Å². The summed E-state index contributed by atoms with van der Waals surface area (Å²) in [5.41, 5.74) is 7.18. The highest BCUT2D eigenvalue weighted by Gasteiger charge is 2.36. The SMILES string of the molecule is NC(=O)C1CN(CC(=O)N2N=C(c3cccs3)CC2c2cccs2)c2ccccc2O1. The number of rotatable bonds is 5. The number of para-hydroxylation sites is 2. The van der Waals surface area contributed by atoms with Crippen LogP contribution in [-0.4, -0.2) is 41.7 Å². The number of thiophene rings is 2. The number of nitrogens with zero attached hydrogens (tertiary/aromatic N) is 3. The molecule has 4 heterocycles. The molecule has 7 nitrogen and oxygen atoms in total. The fourth-order valence-electron chi connectivity index (χ4n) is 3.87. The van der Waals surface area contributed by atoms with Gasteiger partial charge in [0.05, 0.1) is 35.4 Å². The van der Waals surface area contributed by atoms with Crippen molar-refractivity contribution in [2.45, 2.75) is 18.6 Å². The van der Waals surface area contributed by atoms with Gasteiger partial charge in [0, 0.05) is 11.3 Å². The molecule has 2 aliphatic heterocycles. The summed E-state index contributed by atoms with van der Waals surface area (Å²) in [6.07, 6.45) is -0.129. The van der Waals surface area contributed by atoms with Gasteiger partial charge in [0.2, 0.25) is 0 Å². The number of fused-ring (bicyclic) bond motifs is 1. The van der Waals surface area contributed by atoms with Crippen LogP contribution < -0.4 is 15.4 Å². The number of hydrazone groups is 1. The van der Waals surface area contributed by atoms with Gasteiger partial charge in [-0.05, 0) is 35.0 Å². The van der Waals surface area contributed by atoms with E-state index >= 15 is 0 Å². The van der Waals surface area contributed by atoms with Gasteiger partial charge in [0.15, 0.2) is 6.10 Å². The Bertz CT molecular complexity index is 1130. The second-order valence-corrected chi connectivity index (χ2v) is 9.28. The molecule has 0 aliphatic carbocycles. The lowest BCUT2D eigenvalue weighted by Crippen LogP contribution is -2.50. The maximum absolute atomic E-state index is 13.4. The van der Waals surface area contributed by atoms with Crippen LogP contribution in [0.3, 0.4) is 0 Å². The third kappa shape index (κ3) is 3.82. The van der Waals surface area contributed by atoms with Crippen LogP contribution in [-0.2, 0) is 9.59 Å². The molecule has 0 bridgehead atoms. The van der Waals surface area contributed by atoms with Gasteiger partial charge in [0.25, 0.3) is 11.8 Å². The molecule has 0 saturated carbocycles. The van der Waals surface area contributed by atoms with Crippen molar-refractivity contribution in [1.82, 2.24) is 5.01 Å². The van der Waals surface area contributed by atoms with Gasteiger partial charge in [0.1, 0.15) is 5.75 Å². The molecule has 0 fully saturated rings. The molecule has 1 aromatic carbocycles. The number of hydrogen-bond acceptors (Lipinski definition) is 7. The predicted molar refractivity (Wildman–Crippen MR) is 122 cm³/mol. The molecule has 5 rings (SSSR count). The van der Waals surface area contributed by atoms with Gasteiger partial charge >= 0.3 is 0 Å². The number of ether oxygens (including phenoxy) is 1. The van der Waals surface area contributed by atoms with Crippen LogP contribution in [0.4, 0.5) is 5.69 Å². The Balaban J connectivity index is 1.43. The van der Waals surface area contributed by atoms with Crippen LogP contribution in [0.1, 0.15) is 22.2 Å². The Morgan fingerprint density at radius 3 is 2.65 bits per heavy atom. The first-order valence-corrected chi connectivity index (χ1v) is 11.6. The average Bonchev–Trinajstić information content (AvgIpc) is 3.54. The molecule has 2 amide bonds. The molecule has 31 heavy (non-hydrogen) atoms. The molecular formula is C22H20N4O3S2. The Hall–Kier alpha value is -3.17. The molecule has 2 N–H and O–H groups in total. The summed E-state index contributed by atoms with van der Waals surface area (Å²) in [7, 11) is 0. The minimum Gasteiger partial charge on any atom is -0.477 e. The largest absolute Gasteiger partial charge is 0.477 e. The molecule has 9 heteroatoms. The number of hydrogen-bond donors (Lipinski definition) is 1. The zero-order valence-electron chi connectivity index (χ0n) is 16.5. The maximum Gasteiger partial charge on any atom is 0.262 e. The van der Waals surface area contributed by atoms with Crippen molar-refractivity contribution in [2.24, 2.45) is 10.8 Å². The average molecular weight is 453 g/mol. The topological polar surface area (TPSA) is 88.2 Å². The molecule has 3 aromatic rings. The van der Waals surface area contributed by atoms with E-state index in [1.807, 2.05) is 58.1 Å². The van der Waals surface area contributed by atoms with E-state index in [1.54, 1.807) is 33.7 Å². The first-order chi connectivity index (χ1) is 15.1. The standard InChI is InChI=1S/C22H20N4O3S2/c23-22(28)18-12-25(15-5-1-2-6-17(15)29-18)13-21(27)26-16(20-8-4-10-31-20)11-14(24-26)19-7-3-9-30-19/h1-10,16,18H,11-13H2,(H2,23,28). The fraction of sp³-hybridized carbons (Fsp3) is 0.227. The van der Waals surface area contributed by atoms with Crippen molar-refractivity contribution in [3.8, 4) is 5.75 Å². The molecule has 2 unspecified atom stereocenters. The van der Waals surface area contributed by atoms with Crippen LogP contribution in [0.2, 0.25) is 0 Å². The number of carbonyl (C=O) groups excluding carboxylic acids is 2. The van der Waals surface area contributed by atoms with Gasteiger partial charge < -0.3 is 15.4 Å². The molecule has 0 radical (unpaired) electrons. The van der Waals surface area contributed by atoms with E-state index in [0.29, 0.717) is 12.2 Å². The molecule has 0 spiro atoms. The van der Waals surface area contributed by atoms with Crippen molar-refractivity contribution in [2.75, 3.05) is 18.0 Å². The van der Waals surface area contributed by atoms with Gasteiger partial charge in [-0.2, -0.15) is 5.10 Å². The minimum atomic E-state index is -0.806. The van der Waals surface area contributed by atoms with E-state index in [2.05, 4.69) is 0 Å². The normalized spacial score (nSPS) is 20.2. The zero-order chi connectivity index (χ0) is 21.4. The number of amides is 2. The monoisotopic (exact) mass is 452 g/mol. The third-order valence-corrected chi connectivity index (χ3v) is 7.24. The zero-order valence-corrected chi connectivity index (χ0v) is 18.1. The van der Waals surface area contributed by atoms with Gasteiger partial charge in [-0.25, -0.2) is 5.01 Å². The summed E-state index contributed by atoms with van der Waals surface area (Å²) in [6, 6.07) is 15.3. The minimum absolute atomic E-state index is 0.0766. The third-order valence-electron chi connectivity index (χ3n) is 5.35. The molecule has 2 atom stereocenters. The van der Waals surface area contributed by atoms with Crippen molar-refractivity contribution in [3.05, 3.63) is 69.0 Å². The number of primary amides is 1. The van der Waals surface area contributed by atoms with Gasteiger partial charge in [-0.3, -0.25) is 9.59 Å². The molecular weight excluding hydrogens is 432 g/mol. The molecule has 158 valence electrons. The molecule has 2 aliphatic rings. The van der Waals surface area contributed by atoms with Crippen molar-refractivity contribution in [3.63, 3.8) is 0 Å². The second kappa shape index (κ2) is 8.16. The summed E-state index contributed by atoms with van der Waals surface area (Å²) < 4.78 is 5.71. The number of carbonyl (C=O) groups is 2. The summed E-state index contributed by atoms with van der Waals surface area (Å²) >= 11 is 3.24. The number of anilines is 1. The highest BCUT2D eigenvalue weighted by molar-refractivity contribution is 7.12. The Morgan fingerprint density at radius 2 is 1.90 bits per heavy atom. The molecule has 0 saturated heterocycles. The smallest absolute Gasteiger partial charge is 0.262 e. The Labute approximate surface area is 187 Å². The van der Waals surface area contributed by atoms with Crippen LogP contribution >= 0.6 is 22.7 Å². The van der Waals surface area contributed by atoms with E-state index in [1.165, 1.54) is 0 Å². The quantitative estimate of drug-likeness (QED) is 0.644. The summed E-state index contributed by atoms with van der Waals surface area (Å²) in [4.78, 5) is 29.3. The van der Waals surface area contributed by atoms with Crippen LogP contribution in [0.15, 0.2) is 64.4 Å². The lowest BCUT2D eigenvalue weighted by atomic mass is 10.1. The van der Waals surface area contributed by atoms with E-state index in [0.717, 1.165) is 21.2 Å². The van der Waals surface area contributed by atoms with Gasteiger partial charge in [-0.1, -0.05) is 24.3 Å². The second-order valence-electron chi connectivity index (χ2n) is 7.35. The summed E-state index contributed by atoms with van der Waals surface area (Å²) in [5.74, 6) is -0.142. The predicted octanol–water partition coefficient (Wildman–Crippen LogP) is 3.24. The van der Waals surface area contributed by atoms with E-state index in [9.17, 15) is 9.59 Å². The first-order valence-electron chi connectivity index (χ1n) is 9.87. The summed E-state index contributed by atoms with van der Waals surface area (Å²) in [6.45, 7) is 0.296. The van der Waals surface area contributed by atoms with Crippen molar-refractivity contribution >= 4 is 45.9 Å². The molecule has 2 aromatic heterocycles. The lowest BCUT2D eigenvalue weighted by Gasteiger charge is -2.35. The fourth-order valence-corrected chi connectivity index (χ4v) is 5.41. The number of benzene rings is 1. The maximum atomic E-state index is 13.4. The van der Waals surface area contributed by atoms with Crippen molar-refractivity contribution < 1.29 is 14.3 Å². The summed E-state index contributed by atoms with van der Waals surface area (Å²) in [5, 5.41) is 10.3. The van der Waals surface area contributed by atoms with E-state index in [4.69, 9.17) is 15.6 Å². The van der Waals surface area contributed by atoms with Crippen LogP contribution in [0, 0.1) is 0 Å². The van der Waals surface area contributed by atoms with Gasteiger partial charge in [-0.15, -0.1) is 22.7 Å². The van der Waals surface area contributed by atoms with E-state index < -0.39 is 12.0 Å². The Kier molecular flexibility index (Phi) is 5.21. The Morgan fingerprint density at radius 1 is 1.10 bits per heavy atom. The highest BCUT2D eigenvalue weighted by atomic mass is 32.1.